The van der Waals surface area contributed by atoms with Gasteiger partial charge in [-0.15, -0.1) is 0 Å². The van der Waals surface area contributed by atoms with Crippen LogP contribution in [0, 0.1) is 5.92 Å². The summed E-state index contributed by atoms with van der Waals surface area (Å²) in [4.78, 5) is 16.7. The first-order chi connectivity index (χ1) is 9.27. The molecule has 1 aliphatic rings. The largest absolute Gasteiger partial charge is 0.494 e. The molecule has 4 heteroatoms. The Morgan fingerprint density at radius 3 is 2.68 bits per heavy atom. The minimum atomic E-state index is -0.399. The summed E-state index contributed by atoms with van der Waals surface area (Å²) in [6, 6.07) is 3.52. The summed E-state index contributed by atoms with van der Waals surface area (Å²) in [7, 11) is 3.16. The third-order valence-corrected chi connectivity index (χ3v) is 3.81. The Hall–Kier alpha value is -1.42. The maximum atomic E-state index is 12.6. The van der Waals surface area contributed by atoms with E-state index >= 15 is 0 Å². The molecule has 0 aromatic carbocycles. The van der Waals surface area contributed by atoms with Gasteiger partial charge in [-0.1, -0.05) is 19.3 Å². The fraction of sp³-hybridized carbons (Fsp3) is 0.600. The second-order valence-electron chi connectivity index (χ2n) is 4.97. The standard InChI is InChI=1S/C15H21NO3/c1-18-12-9-6-10-16-13(12)14(17)15(19-2)11-7-4-3-5-8-11/h6,9-11,15H,3-5,7-8H2,1-2H3. The van der Waals surface area contributed by atoms with E-state index in [1.165, 1.54) is 19.3 Å². The summed E-state index contributed by atoms with van der Waals surface area (Å²) in [6.07, 6.45) is 6.94. The van der Waals surface area contributed by atoms with Crippen molar-refractivity contribution in [2.75, 3.05) is 14.2 Å². The Bertz CT molecular complexity index is 427. The predicted octanol–water partition coefficient (Wildman–Crippen LogP) is 2.87. The zero-order valence-electron chi connectivity index (χ0n) is 11.6. The fourth-order valence-corrected chi connectivity index (χ4v) is 2.83. The number of rotatable bonds is 5. The SMILES string of the molecule is COc1cccnc1C(=O)C(OC)C1CCCCC1. The molecule has 1 aromatic rings. The van der Waals surface area contributed by atoms with Gasteiger partial charge in [-0.25, -0.2) is 4.98 Å². The molecule has 0 N–H and O–H groups in total. The lowest BCUT2D eigenvalue weighted by molar-refractivity contribution is 0.0307. The lowest BCUT2D eigenvalue weighted by Gasteiger charge is -2.28. The molecule has 1 heterocycles. The van der Waals surface area contributed by atoms with Gasteiger partial charge in [-0.3, -0.25) is 4.79 Å². The van der Waals surface area contributed by atoms with Crippen molar-refractivity contribution >= 4 is 5.78 Å². The Kier molecular flexibility index (Phi) is 4.91. The monoisotopic (exact) mass is 263 g/mol. The van der Waals surface area contributed by atoms with Gasteiger partial charge < -0.3 is 9.47 Å². The Labute approximate surface area is 114 Å². The molecule has 4 nitrogen and oxygen atoms in total. The number of hydrogen-bond donors (Lipinski definition) is 0. The number of hydrogen-bond acceptors (Lipinski definition) is 4. The van der Waals surface area contributed by atoms with Gasteiger partial charge in [0.05, 0.1) is 7.11 Å². The van der Waals surface area contributed by atoms with Crippen LogP contribution in [0.5, 0.6) is 5.75 Å². The van der Waals surface area contributed by atoms with Crippen molar-refractivity contribution in [1.82, 2.24) is 4.98 Å². The summed E-state index contributed by atoms with van der Waals surface area (Å²) in [5, 5.41) is 0. The number of nitrogens with zero attached hydrogens (tertiary/aromatic N) is 1. The van der Waals surface area contributed by atoms with Crippen LogP contribution in [0.15, 0.2) is 18.3 Å². The highest BCUT2D eigenvalue weighted by atomic mass is 16.5. The summed E-state index contributed by atoms with van der Waals surface area (Å²) in [6.45, 7) is 0. The zero-order valence-corrected chi connectivity index (χ0v) is 11.6. The van der Waals surface area contributed by atoms with Crippen LogP contribution >= 0.6 is 0 Å². The van der Waals surface area contributed by atoms with Crippen molar-refractivity contribution in [3.8, 4) is 5.75 Å². The Balaban J connectivity index is 2.19. The topological polar surface area (TPSA) is 48.4 Å². The van der Waals surface area contributed by atoms with Crippen molar-refractivity contribution in [2.24, 2.45) is 5.92 Å². The Morgan fingerprint density at radius 2 is 2.05 bits per heavy atom. The van der Waals surface area contributed by atoms with E-state index in [0.717, 1.165) is 12.8 Å². The smallest absolute Gasteiger partial charge is 0.213 e. The van der Waals surface area contributed by atoms with Gasteiger partial charge in [0, 0.05) is 13.3 Å². The average Bonchev–Trinajstić information content (AvgIpc) is 2.49. The highest BCUT2D eigenvalue weighted by Gasteiger charge is 2.32. The highest BCUT2D eigenvalue weighted by molar-refractivity contribution is 6.00. The molecule has 1 aliphatic carbocycles. The van der Waals surface area contributed by atoms with Crippen LogP contribution in [0.3, 0.4) is 0 Å². The molecule has 2 rings (SSSR count). The molecule has 1 fully saturated rings. The van der Waals surface area contributed by atoms with Crippen LogP contribution in [0.1, 0.15) is 42.6 Å². The van der Waals surface area contributed by atoms with Crippen LogP contribution in [0.4, 0.5) is 0 Å². The number of ketones is 1. The Morgan fingerprint density at radius 1 is 1.32 bits per heavy atom. The summed E-state index contributed by atoms with van der Waals surface area (Å²) in [5.41, 5.74) is 0.377. The second-order valence-corrected chi connectivity index (χ2v) is 4.97. The van der Waals surface area contributed by atoms with Crippen molar-refractivity contribution in [2.45, 2.75) is 38.2 Å². The first kappa shape index (κ1) is 14.0. The van der Waals surface area contributed by atoms with Gasteiger partial charge in [0.25, 0.3) is 0 Å². The molecule has 1 aromatic heterocycles. The molecule has 1 unspecified atom stereocenters. The second kappa shape index (κ2) is 6.66. The molecule has 0 aliphatic heterocycles. The lowest BCUT2D eigenvalue weighted by Crippen LogP contribution is -2.33. The maximum absolute atomic E-state index is 12.6. The number of pyridine rings is 1. The number of carbonyl (C=O) groups is 1. The van der Waals surface area contributed by atoms with Crippen LogP contribution in [-0.2, 0) is 4.74 Å². The minimum Gasteiger partial charge on any atom is -0.494 e. The summed E-state index contributed by atoms with van der Waals surface area (Å²) >= 11 is 0. The van der Waals surface area contributed by atoms with Crippen molar-refractivity contribution in [3.63, 3.8) is 0 Å². The molecule has 0 amide bonds. The van der Waals surface area contributed by atoms with Crippen molar-refractivity contribution in [3.05, 3.63) is 24.0 Å². The number of aromatic nitrogens is 1. The van der Waals surface area contributed by atoms with E-state index in [2.05, 4.69) is 4.98 Å². The maximum Gasteiger partial charge on any atom is 0.213 e. The van der Waals surface area contributed by atoms with E-state index in [9.17, 15) is 4.79 Å². The van der Waals surface area contributed by atoms with Gasteiger partial charge in [0.1, 0.15) is 11.9 Å². The number of Topliss-reactive ketones (excluding diaryl/α,β-unsaturated/α-hetero) is 1. The molecule has 1 atom stereocenters. The normalized spacial score (nSPS) is 18.0. The number of methoxy groups -OCH3 is 2. The van der Waals surface area contributed by atoms with E-state index in [1.54, 1.807) is 32.5 Å². The van der Waals surface area contributed by atoms with Gasteiger partial charge >= 0.3 is 0 Å². The molecule has 104 valence electrons. The number of ether oxygens (including phenoxy) is 2. The molecular weight excluding hydrogens is 242 g/mol. The lowest BCUT2D eigenvalue weighted by atomic mass is 9.83. The first-order valence-electron chi connectivity index (χ1n) is 6.84. The third kappa shape index (κ3) is 3.13. The van der Waals surface area contributed by atoms with Crippen molar-refractivity contribution < 1.29 is 14.3 Å². The van der Waals surface area contributed by atoms with E-state index in [1.807, 2.05) is 0 Å². The van der Waals surface area contributed by atoms with Crippen LogP contribution in [-0.4, -0.2) is 31.1 Å². The molecule has 0 spiro atoms. The van der Waals surface area contributed by atoms with E-state index in [-0.39, 0.29) is 5.78 Å². The van der Waals surface area contributed by atoms with Gasteiger partial charge in [0.15, 0.2) is 5.69 Å². The highest BCUT2D eigenvalue weighted by Crippen LogP contribution is 2.30. The predicted molar refractivity (Wildman–Crippen MR) is 72.5 cm³/mol. The molecule has 19 heavy (non-hydrogen) atoms. The van der Waals surface area contributed by atoms with E-state index < -0.39 is 6.10 Å². The molecule has 1 saturated carbocycles. The average molecular weight is 263 g/mol. The van der Waals surface area contributed by atoms with Crippen LogP contribution in [0.2, 0.25) is 0 Å². The molecule has 0 saturated heterocycles. The molecule has 0 radical (unpaired) electrons. The zero-order chi connectivity index (χ0) is 13.7. The fourth-order valence-electron chi connectivity index (χ4n) is 2.83. The minimum absolute atomic E-state index is 0.0631. The third-order valence-electron chi connectivity index (χ3n) is 3.81. The first-order valence-corrected chi connectivity index (χ1v) is 6.84. The van der Waals surface area contributed by atoms with Gasteiger partial charge in [-0.05, 0) is 30.9 Å². The molecular formula is C15H21NO3. The van der Waals surface area contributed by atoms with E-state index in [0.29, 0.717) is 17.4 Å². The van der Waals surface area contributed by atoms with Crippen molar-refractivity contribution in [1.29, 1.82) is 0 Å². The van der Waals surface area contributed by atoms with Crippen LogP contribution in [0.25, 0.3) is 0 Å². The summed E-state index contributed by atoms with van der Waals surface area (Å²) < 4.78 is 10.7. The quantitative estimate of drug-likeness (QED) is 0.766. The van der Waals surface area contributed by atoms with E-state index in [4.69, 9.17) is 9.47 Å². The molecule has 0 bridgehead atoms. The van der Waals surface area contributed by atoms with Gasteiger partial charge in [-0.2, -0.15) is 0 Å². The van der Waals surface area contributed by atoms with Gasteiger partial charge in [0.2, 0.25) is 5.78 Å². The van der Waals surface area contributed by atoms with Crippen LogP contribution < -0.4 is 4.74 Å². The summed E-state index contributed by atoms with van der Waals surface area (Å²) in [5.74, 6) is 0.759. The number of carbonyl (C=O) groups excluding carboxylic acids is 1.